The number of aromatic amines is 1. The number of aromatic nitrogens is 2. The predicted molar refractivity (Wildman–Crippen MR) is 116 cm³/mol. The molecule has 4 heterocycles. The van der Waals surface area contributed by atoms with Gasteiger partial charge in [0.25, 0.3) is 5.91 Å². The Morgan fingerprint density at radius 2 is 1.97 bits per heavy atom. The van der Waals surface area contributed by atoms with E-state index in [-0.39, 0.29) is 5.91 Å². The Balaban J connectivity index is 1.19. The van der Waals surface area contributed by atoms with E-state index in [2.05, 4.69) is 50.3 Å². The van der Waals surface area contributed by atoms with E-state index >= 15 is 0 Å². The number of H-pyrrole nitrogens is 1. The highest BCUT2D eigenvalue weighted by atomic mass is 16.2. The molecule has 3 aliphatic heterocycles. The Morgan fingerprint density at radius 3 is 2.87 bits per heavy atom. The lowest BCUT2D eigenvalue weighted by Gasteiger charge is -2.55. The maximum absolute atomic E-state index is 13.3. The first-order valence-corrected chi connectivity index (χ1v) is 11.9. The van der Waals surface area contributed by atoms with Crippen LogP contribution in [0.15, 0.2) is 30.3 Å². The minimum atomic E-state index is 0.175. The first-order valence-electron chi connectivity index (χ1n) is 11.9. The van der Waals surface area contributed by atoms with Gasteiger partial charge in [-0.15, -0.1) is 0 Å². The van der Waals surface area contributed by atoms with Crippen LogP contribution in [0.2, 0.25) is 0 Å². The lowest BCUT2D eigenvalue weighted by Crippen LogP contribution is -2.62. The van der Waals surface area contributed by atoms with Crippen LogP contribution < -0.4 is 0 Å². The highest BCUT2D eigenvalue weighted by Crippen LogP contribution is 2.40. The second-order valence-corrected chi connectivity index (χ2v) is 9.99. The van der Waals surface area contributed by atoms with Crippen molar-refractivity contribution in [2.45, 2.75) is 63.5 Å². The Bertz CT molecular complexity index is 922. The van der Waals surface area contributed by atoms with E-state index in [9.17, 15) is 4.79 Å². The fourth-order valence-electron chi connectivity index (χ4n) is 6.83. The summed E-state index contributed by atoms with van der Waals surface area (Å²) in [6.45, 7) is 2.97. The molecule has 1 aromatic carbocycles. The molecule has 3 saturated heterocycles. The molecule has 3 fully saturated rings. The summed E-state index contributed by atoms with van der Waals surface area (Å²) in [5.74, 6) is 1.40. The summed E-state index contributed by atoms with van der Waals surface area (Å²) in [6, 6.07) is 12.3. The fourth-order valence-corrected chi connectivity index (χ4v) is 6.83. The second kappa shape index (κ2) is 7.52. The van der Waals surface area contributed by atoms with E-state index in [1.165, 1.54) is 48.9 Å². The number of benzene rings is 1. The Labute approximate surface area is 178 Å². The summed E-state index contributed by atoms with van der Waals surface area (Å²) < 4.78 is 0. The Morgan fingerprint density at radius 1 is 1.07 bits per heavy atom. The van der Waals surface area contributed by atoms with Crippen molar-refractivity contribution in [2.24, 2.45) is 11.8 Å². The number of hydrogen-bond acceptors (Lipinski definition) is 3. The molecule has 0 saturated carbocycles. The minimum Gasteiger partial charge on any atom is -0.337 e. The van der Waals surface area contributed by atoms with Crippen molar-refractivity contribution in [1.29, 1.82) is 0 Å². The number of carbonyl (C=O) groups is 1. The molecule has 4 aliphatic rings. The van der Waals surface area contributed by atoms with Crippen LogP contribution in [0, 0.1) is 11.8 Å². The molecular weight excluding hydrogens is 372 g/mol. The zero-order valence-electron chi connectivity index (χ0n) is 17.7. The molecule has 5 heteroatoms. The van der Waals surface area contributed by atoms with Crippen LogP contribution in [0.4, 0.5) is 0 Å². The summed E-state index contributed by atoms with van der Waals surface area (Å²) >= 11 is 0. The molecule has 0 unspecified atom stereocenters. The summed E-state index contributed by atoms with van der Waals surface area (Å²) in [7, 11) is 0. The van der Waals surface area contributed by atoms with Crippen molar-refractivity contribution in [1.82, 2.24) is 20.0 Å². The highest BCUT2D eigenvalue weighted by molar-refractivity contribution is 5.94. The number of fused-ring (bicyclic) bond motifs is 5. The maximum atomic E-state index is 13.3. The van der Waals surface area contributed by atoms with Crippen molar-refractivity contribution < 1.29 is 4.79 Å². The van der Waals surface area contributed by atoms with E-state index in [1.807, 2.05) is 0 Å². The Kier molecular flexibility index (Phi) is 4.67. The Hall–Kier alpha value is -2.14. The molecule has 30 heavy (non-hydrogen) atoms. The SMILES string of the molecule is O=C(c1n[nH]c2c1CCC2)N1C[C@@H]2C[C@H](C1)[C@@H]1CCC[C@H](Cc3ccccc3)N1C2. The summed E-state index contributed by atoms with van der Waals surface area (Å²) in [4.78, 5) is 18.3. The van der Waals surface area contributed by atoms with Gasteiger partial charge in [0.1, 0.15) is 0 Å². The topological polar surface area (TPSA) is 52.2 Å². The second-order valence-electron chi connectivity index (χ2n) is 9.99. The number of nitrogens with zero attached hydrogens (tertiary/aromatic N) is 3. The average molecular weight is 405 g/mol. The molecule has 6 rings (SSSR count). The van der Waals surface area contributed by atoms with E-state index in [0.717, 1.165) is 38.9 Å². The number of likely N-dealkylation sites (tertiary alicyclic amines) is 1. The van der Waals surface area contributed by atoms with Gasteiger partial charge in [0.15, 0.2) is 5.69 Å². The normalized spacial score (nSPS) is 30.7. The van der Waals surface area contributed by atoms with Crippen LogP contribution in [0.1, 0.15) is 59.4 Å². The van der Waals surface area contributed by atoms with Crippen LogP contribution in [0.3, 0.4) is 0 Å². The van der Waals surface area contributed by atoms with Crippen LogP contribution in [-0.4, -0.2) is 57.6 Å². The quantitative estimate of drug-likeness (QED) is 0.852. The third-order valence-electron chi connectivity index (χ3n) is 8.13. The summed E-state index contributed by atoms with van der Waals surface area (Å²) in [6.07, 6.45) is 9.58. The fraction of sp³-hybridized carbons (Fsp3) is 0.600. The third-order valence-corrected chi connectivity index (χ3v) is 8.13. The monoisotopic (exact) mass is 404 g/mol. The molecule has 5 nitrogen and oxygen atoms in total. The van der Waals surface area contributed by atoms with Gasteiger partial charge in [-0.1, -0.05) is 36.8 Å². The zero-order valence-corrected chi connectivity index (χ0v) is 17.7. The van der Waals surface area contributed by atoms with Gasteiger partial charge in [0, 0.05) is 43.0 Å². The molecular formula is C25H32N4O. The summed E-state index contributed by atoms with van der Waals surface area (Å²) in [5, 5.41) is 7.55. The number of amides is 1. The standard InChI is InChI=1S/C25H32N4O/c30-25(24-21-9-5-10-22(21)26-27-24)28-14-18-12-19(16-28)23-11-4-8-20(29(23)15-18)13-17-6-2-1-3-7-17/h1-3,6-7,18-20,23H,4-5,8-16H2,(H,26,27)/t18-,19+,20+,23-/m0/s1. The van der Waals surface area contributed by atoms with Gasteiger partial charge in [0.2, 0.25) is 0 Å². The van der Waals surface area contributed by atoms with Gasteiger partial charge in [-0.25, -0.2) is 0 Å². The molecule has 1 N–H and O–H groups in total. The number of carbonyl (C=O) groups excluding carboxylic acids is 1. The lowest BCUT2D eigenvalue weighted by molar-refractivity contribution is -0.0500. The van der Waals surface area contributed by atoms with Gasteiger partial charge < -0.3 is 4.90 Å². The number of piperidine rings is 3. The number of aryl methyl sites for hydroxylation is 1. The van der Waals surface area contributed by atoms with E-state index < -0.39 is 0 Å². The lowest BCUT2D eigenvalue weighted by atomic mass is 9.74. The largest absolute Gasteiger partial charge is 0.337 e. The molecule has 2 bridgehead atoms. The van der Waals surface area contributed by atoms with Gasteiger partial charge in [-0.05, 0) is 62.3 Å². The van der Waals surface area contributed by atoms with Crippen molar-refractivity contribution >= 4 is 5.91 Å². The van der Waals surface area contributed by atoms with E-state index in [0.29, 0.717) is 29.6 Å². The van der Waals surface area contributed by atoms with Crippen molar-refractivity contribution in [3.63, 3.8) is 0 Å². The molecule has 1 amide bonds. The highest BCUT2D eigenvalue weighted by Gasteiger charge is 2.45. The first kappa shape index (κ1) is 18.6. The molecule has 0 spiro atoms. The van der Waals surface area contributed by atoms with E-state index in [1.54, 1.807) is 0 Å². The van der Waals surface area contributed by atoms with Gasteiger partial charge in [-0.3, -0.25) is 14.8 Å². The van der Waals surface area contributed by atoms with Crippen LogP contribution >= 0.6 is 0 Å². The van der Waals surface area contributed by atoms with Gasteiger partial charge in [-0.2, -0.15) is 5.10 Å². The van der Waals surface area contributed by atoms with Crippen molar-refractivity contribution in [3.8, 4) is 0 Å². The summed E-state index contributed by atoms with van der Waals surface area (Å²) in [5.41, 5.74) is 4.56. The number of hydrogen-bond donors (Lipinski definition) is 1. The minimum absolute atomic E-state index is 0.175. The molecule has 2 aromatic rings. The van der Waals surface area contributed by atoms with Crippen LogP contribution in [0.5, 0.6) is 0 Å². The maximum Gasteiger partial charge on any atom is 0.274 e. The van der Waals surface area contributed by atoms with Gasteiger partial charge >= 0.3 is 0 Å². The smallest absolute Gasteiger partial charge is 0.274 e. The van der Waals surface area contributed by atoms with Gasteiger partial charge in [0.05, 0.1) is 0 Å². The van der Waals surface area contributed by atoms with Crippen LogP contribution in [-0.2, 0) is 19.3 Å². The number of nitrogens with one attached hydrogen (secondary N) is 1. The molecule has 1 aromatic heterocycles. The molecule has 1 aliphatic carbocycles. The molecule has 0 radical (unpaired) electrons. The molecule has 158 valence electrons. The third kappa shape index (κ3) is 3.18. The van der Waals surface area contributed by atoms with Crippen LogP contribution in [0.25, 0.3) is 0 Å². The number of rotatable bonds is 3. The first-order chi connectivity index (χ1) is 14.8. The molecule has 4 atom stereocenters. The van der Waals surface area contributed by atoms with E-state index in [4.69, 9.17) is 0 Å². The average Bonchev–Trinajstić information content (AvgIpc) is 3.38. The van der Waals surface area contributed by atoms with Crippen molar-refractivity contribution in [2.75, 3.05) is 19.6 Å². The van der Waals surface area contributed by atoms with Crippen molar-refractivity contribution in [3.05, 3.63) is 52.8 Å². The zero-order chi connectivity index (χ0) is 20.1. The predicted octanol–water partition coefficient (Wildman–Crippen LogP) is 3.46.